The molecule has 26 heavy (non-hydrogen) atoms. The Morgan fingerprint density at radius 3 is 2.35 bits per heavy atom. The van der Waals surface area contributed by atoms with Gasteiger partial charge in [-0.05, 0) is 49.3 Å². The Bertz CT molecular complexity index is 899. The molecule has 0 N–H and O–H groups in total. The molecule has 1 aromatic carbocycles. The summed E-state index contributed by atoms with van der Waals surface area (Å²) < 4.78 is 10.6. The van der Waals surface area contributed by atoms with Crippen LogP contribution in [0.2, 0.25) is 0 Å². The van der Waals surface area contributed by atoms with E-state index in [1.54, 1.807) is 26.0 Å². The van der Waals surface area contributed by atoms with Gasteiger partial charge in [0.15, 0.2) is 0 Å². The average Bonchev–Trinajstić information content (AvgIpc) is 2.61. The van der Waals surface area contributed by atoms with Crippen molar-refractivity contribution in [2.75, 3.05) is 0 Å². The Morgan fingerprint density at radius 1 is 0.962 bits per heavy atom. The molecule has 0 aliphatic heterocycles. The largest absolute Gasteiger partial charge is 0.424 e. The number of allylic oxidation sites excluding steroid dienone is 4. The zero-order valence-electron chi connectivity index (χ0n) is 14.8. The van der Waals surface area contributed by atoms with Gasteiger partial charge in [-0.2, -0.15) is 0 Å². The summed E-state index contributed by atoms with van der Waals surface area (Å²) >= 11 is 0. The number of hydrogen-bond donors (Lipinski definition) is 0. The molecule has 0 aromatic heterocycles. The minimum absolute atomic E-state index is 0.101. The maximum atomic E-state index is 11.7. The predicted molar refractivity (Wildman–Crippen MR) is 100 cm³/mol. The second-order valence-corrected chi connectivity index (χ2v) is 6.52. The number of carbonyl (C=O) groups is 2. The molecule has 132 valence electrons. The first-order chi connectivity index (χ1) is 12.3. The number of carbonyl (C=O) groups excluding carboxylic acids is 2. The first-order valence-corrected chi connectivity index (χ1v) is 8.32. The van der Waals surface area contributed by atoms with Crippen molar-refractivity contribution >= 4 is 18.0 Å². The Balaban J connectivity index is 1.80. The summed E-state index contributed by atoms with van der Waals surface area (Å²) in [5, 5.41) is 0. The Hall–Kier alpha value is -3.14. The molecule has 0 saturated carbocycles. The van der Waals surface area contributed by atoms with Crippen LogP contribution < -0.4 is 4.74 Å². The van der Waals surface area contributed by atoms with Crippen LogP contribution in [0, 0.1) is 5.92 Å². The molecular weight excluding hydrogens is 328 g/mol. The maximum absolute atomic E-state index is 11.7. The zero-order valence-corrected chi connectivity index (χ0v) is 14.8. The summed E-state index contributed by atoms with van der Waals surface area (Å²) in [6.45, 7) is 10.4. The standard InChI is InChI=1S/C22H20O4/c1-13(2)21(23)25-17-7-9-19-15(11-17)5-6-16-12-18(8-10-20(16)19)26-22(24)14(3)4/h5-12,15,19H,1,3H2,2,4H3. The number of esters is 2. The Morgan fingerprint density at radius 2 is 1.65 bits per heavy atom. The Kier molecular flexibility index (Phi) is 4.76. The van der Waals surface area contributed by atoms with Crippen molar-refractivity contribution in [2.24, 2.45) is 5.92 Å². The molecule has 0 fully saturated rings. The third kappa shape index (κ3) is 3.59. The van der Waals surface area contributed by atoms with E-state index in [0.29, 0.717) is 22.7 Å². The number of fused-ring (bicyclic) bond motifs is 3. The van der Waals surface area contributed by atoms with Gasteiger partial charge in [0, 0.05) is 23.0 Å². The first kappa shape index (κ1) is 17.7. The monoisotopic (exact) mass is 348 g/mol. The Labute approximate surface area is 152 Å². The molecule has 2 atom stereocenters. The van der Waals surface area contributed by atoms with E-state index >= 15 is 0 Å². The molecule has 3 rings (SSSR count). The van der Waals surface area contributed by atoms with Crippen molar-refractivity contribution < 1.29 is 19.1 Å². The number of benzene rings is 1. The molecule has 0 amide bonds. The lowest BCUT2D eigenvalue weighted by molar-refractivity contribution is -0.134. The molecule has 4 nitrogen and oxygen atoms in total. The van der Waals surface area contributed by atoms with Gasteiger partial charge in [-0.3, -0.25) is 0 Å². The van der Waals surface area contributed by atoms with Crippen LogP contribution in [0.15, 0.2) is 72.6 Å². The van der Waals surface area contributed by atoms with Gasteiger partial charge in [0.05, 0.1) is 0 Å². The SMILES string of the molecule is C=C(C)C(=O)OC1=CC2C=Cc3cc(OC(=O)C(=C)C)ccc3C2C=C1. The second-order valence-electron chi connectivity index (χ2n) is 6.52. The van der Waals surface area contributed by atoms with Crippen LogP contribution in [0.5, 0.6) is 5.75 Å². The van der Waals surface area contributed by atoms with Crippen molar-refractivity contribution in [1.29, 1.82) is 0 Å². The summed E-state index contributed by atoms with van der Waals surface area (Å²) in [4.78, 5) is 23.4. The van der Waals surface area contributed by atoms with E-state index in [2.05, 4.69) is 19.2 Å². The van der Waals surface area contributed by atoms with Crippen molar-refractivity contribution in [1.82, 2.24) is 0 Å². The van der Waals surface area contributed by atoms with Gasteiger partial charge in [-0.25, -0.2) is 9.59 Å². The number of hydrogen-bond acceptors (Lipinski definition) is 4. The fourth-order valence-corrected chi connectivity index (χ4v) is 2.90. The molecule has 0 spiro atoms. The van der Waals surface area contributed by atoms with E-state index in [1.807, 2.05) is 30.4 Å². The predicted octanol–water partition coefficient (Wildman–Crippen LogP) is 4.47. The van der Waals surface area contributed by atoms with Crippen LogP contribution in [-0.2, 0) is 14.3 Å². The van der Waals surface area contributed by atoms with Crippen molar-refractivity contribution in [2.45, 2.75) is 19.8 Å². The van der Waals surface area contributed by atoms with Crippen LogP contribution in [-0.4, -0.2) is 11.9 Å². The van der Waals surface area contributed by atoms with Crippen LogP contribution in [0.1, 0.15) is 30.9 Å². The summed E-state index contributed by atoms with van der Waals surface area (Å²) in [5.74, 6) is 0.402. The molecule has 0 heterocycles. The average molecular weight is 348 g/mol. The van der Waals surface area contributed by atoms with Crippen molar-refractivity contribution in [3.05, 3.63) is 83.7 Å². The minimum atomic E-state index is -0.438. The van der Waals surface area contributed by atoms with E-state index in [9.17, 15) is 9.59 Å². The highest BCUT2D eigenvalue weighted by atomic mass is 16.5. The molecule has 2 unspecified atom stereocenters. The van der Waals surface area contributed by atoms with Gasteiger partial charge in [0.25, 0.3) is 0 Å². The second kappa shape index (κ2) is 7.00. The molecular formula is C22H20O4. The lowest BCUT2D eigenvalue weighted by Crippen LogP contribution is -2.17. The summed E-state index contributed by atoms with van der Waals surface area (Å²) in [7, 11) is 0. The third-order valence-electron chi connectivity index (χ3n) is 4.27. The smallest absolute Gasteiger partial charge is 0.338 e. The fraction of sp³-hybridized carbons (Fsp3) is 0.182. The highest BCUT2D eigenvalue weighted by molar-refractivity contribution is 5.89. The maximum Gasteiger partial charge on any atom is 0.338 e. The van der Waals surface area contributed by atoms with E-state index in [4.69, 9.17) is 9.47 Å². The topological polar surface area (TPSA) is 52.6 Å². The van der Waals surface area contributed by atoms with Crippen LogP contribution in [0.25, 0.3) is 6.08 Å². The quantitative estimate of drug-likeness (QED) is 0.458. The van der Waals surface area contributed by atoms with Crippen LogP contribution in [0.3, 0.4) is 0 Å². The van der Waals surface area contributed by atoms with Gasteiger partial charge >= 0.3 is 11.9 Å². The molecule has 1 aromatic rings. The first-order valence-electron chi connectivity index (χ1n) is 8.32. The van der Waals surface area contributed by atoms with E-state index < -0.39 is 11.9 Å². The number of rotatable bonds is 4. The van der Waals surface area contributed by atoms with Gasteiger partial charge in [0.1, 0.15) is 11.5 Å². The number of ether oxygens (including phenoxy) is 2. The van der Waals surface area contributed by atoms with Crippen molar-refractivity contribution in [3.8, 4) is 5.75 Å². The normalized spacial score (nSPS) is 19.7. The van der Waals surface area contributed by atoms with E-state index in [1.165, 1.54) is 0 Å². The molecule has 0 bridgehead atoms. The van der Waals surface area contributed by atoms with Crippen LogP contribution >= 0.6 is 0 Å². The summed E-state index contributed by atoms with van der Waals surface area (Å²) in [6, 6.07) is 5.59. The highest BCUT2D eigenvalue weighted by Gasteiger charge is 2.27. The van der Waals surface area contributed by atoms with Gasteiger partial charge in [-0.15, -0.1) is 0 Å². The highest BCUT2D eigenvalue weighted by Crippen LogP contribution is 2.40. The van der Waals surface area contributed by atoms with Gasteiger partial charge in [-0.1, -0.05) is 37.5 Å². The molecule has 0 saturated heterocycles. The zero-order chi connectivity index (χ0) is 18.8. The van der Waals surface area contributed by atoms with E-state index in [-0.39, 0.29) is 11.8 Å². The van der Waals surface area contributed by atoms with Gasteiger partial charge < -0.3 is 9.47 Å². The minimum Gasteiger partial charge on any atom is -0.424 e. The van der Waals surface area contributed by atoms with Crippen LogP contribution in [0.4, 0.5) is 0 Å². The molecule has 2 aliphatic carbocycles. The lowest BCUT2D eigenvalue weighted by Gasteiger charge is -2.28. The lowest BCUT2D eigenvalue weighted by atomic mass is 9.77. The fourth-order valence-electron chi connectivity index (χ4n) is 2.90. The van der Waals surface area contributed by atoms with Gasteiger partial charge in [0.2, 0.25) is 0 Å². The summed E-state index contributed by atoms with van der Waals surface area (Å²) in [5.41, 5.74) is 2.85. The van der Waals surface area contributed by atoms with Crippen molar-refractivity contribution in [3.63, 3.8) is 0 Å². The molecule has 0 radical (unpaired) electrons. The molecule has 4 heteroatoms. The molecule has 2 aliphatic rings. The van der Waals surface area contributed by atoms with E-state index in [0.717, 1.165) is 11.1 Å². The third-order valence-corrected chi connectivity index (χ3v) is 4.27. The summed E-state index contributed by atoms with van der Waals surface area (Å²) in [6.07, 6.45) is 9.80.